The first-order valence-corrected chi connectivity index (χ1v) is 10.3. The third-order valence-electron chi connectivity index (χ3n) is 4.69. The molecule has 3 amide bonds. The van der Waals surface area contributed by atoms with Gasteiger partial charge in [0.05, 0.1) is 5.69 Å². The number of amides is 3. The highest BCUT2D eigenvalue weighted by Crippen LogP contribution is 2.24. The molecule has 1 aliphatic carbocycles. The number of hydrogen-bond acceptors (Lipinski definition) is 4. The number of thiazole rings is 1. The Balaban J connectivity index is 1.59. The monoisotopic (exact) mass is 386 g/mol. The molecule has 1 aromatic carbocycles. The van der Waals surface area contributed by atoms with Gasteiger partial charge in [0.1, 0.15) is 4.88 Å². The molecule has 0 saturated heterocycles. The molecule has 3 rings (SSSR count). The van der Waals surface area contributed by atoms with E-state index in [1.54, 1.807) is 6.92 Å². The van der Waals surface area contributed by atoms with Crippen LogP contribution in [-0.2, 0) is 0 Å². The number of aryl methyl sites for hydroxylation is 2. The van der Waals surface area contributed by atoms with Crippen LogP contribution in [0.2, 0.25) is 0 Å². The molecule has 144 valence electrons. The highest BCUT2D eigenvalue weighted by Gasteiger charge is 2.20. The first-order chi connectivity index (χ1) is 13.0. The zero-order chi connectivity index (χ0) is 19.2. The van der Waals surface area contributed by atoms with Crippen LogP contribution in [0.25, 0.3) is 0 Å². The normalized spacial score (nSPS) is 15.0. The van der Waals surface area contributed by atoms with Gasteiger partial charge in [0.15, 0.2) is 5.13 Å². The Hall–Kier alpha value is -2.41. The van der Waals surface area contributed by atoms with Crippen LogP contribution in [0.4, 0.5) is 15.6 Å². The first-order valence-electron chi connectivity index (χ1n) is 9.44. The van der Waals surface area contributed by atoms with Crippen molar-refractivity contribution < 1.29 is 9.59 Å². The quantitative estimate of drug-likeness (QED) is 0.656. The van der Waals surface area contributed by atoms with E-state index < -0.39 is 0 Å². The van der Waals surface area contributed by atoms with Gasteiger partial charge < -0.3 is 10.6 Å². The highest BCUT2D eigenvalue weighted by molar-refractivity contribution is 7.17. The molecule has 0 unspecified atom stereocenters. The lowest BCUT2D eigenvalue weighted by atomic mass is 10.1. The summed E-state index contributed by atoms with van der Waals surface area (Å²) in [6.07, 6.45) is 6.89. The lowest BCUT2D eigenvalue weighted by molar-refractivity contribution is 0.0936. The van der Waals surface area contributed by atoms with E-state index in [1.165, 1.54) is 37.0 Å². The Morgan fingerprint density at radius 1 is 1.07 bits per heavy atom. The van der Waals surface area contributed by atoms with Gasteiger partial charge in [0, 0.05) is 11.7 Å². The molecule has 1 heterocycles. The minimum Gasteiger partial charge on any atom is -0.349 e. The topological polar surface area (TPSA) is 83.1 Å². The Morgan fingerprint density at radius 3 is 2.52 bits per heavy atom. The van der Waals surface area contributed by atoms with E-state index in [4.69, 9.17) is 0 Å². The van der Waals surface area contributed by atoms with Crippen molar-refractivity contribution in [2.75, 3.05) is 10.6 Å². The number of benzene rings is 1. The third kappa shape index (κ3) is 5.53. The lowest BCUT2D eigenvalue weighted by Gasteiger charge is -2.15. The molecule has 6 nitrogen and oxygen atoms in total. The summed E-state index contributed by atoms with van der Waals surface area (Å²) in [5, 5.41) is 9.05. The second-order valence-electron chi connectivity index (χ2n) is 7.04. The average Bonchev–Trinajstić information content (AvgIpc) is 2.80. The zero-order valence-electron chi connectivity index (χ0n) is 15.8. The van der Waals surface area contributed by atoms with Gasteiger partial charge in [-0.1, -0.05) is 49.2 Å². The SMILES string of the molecule is Cc1cccc(NC(=O)Nc2nc(C)c(C(=O)NC3CCCCCC3)s2)c1. The van der Waals surface area contributed by atoms with Gasteiger partial charge in [-0.05, 0) is 44.4 Å². The van der Waals surface area contributed by atoms with Crippen LogP contribution >= 0.6 is 11.3 Å². The second kappa shape index (κ2) is 8.99. The molecule has 3 N–H and O–H groups in total. The minimum atomic E-state index is -0.370. The van der Waals surface area contributed by atoms with Gasteiger partial charge in [-0.15, -0.1) is 0 Å². The van der Waals surface area contributed by atoms with Crippen molar-refractivity contribution in [2.45, 2.75) is 58.4 Å². The number of carbonyl (C=O) groups excluding carboxylic acids is 2. The number of anilines is 2. The summed E-state index contributed by atoms with van der Waals surface area (Å²) in [4.78, 5) is 29.7. The predicted molar refractivity (Wildman–Crippen MR) is 110 cm³/mol. The molecular weight excluding hydrogens is 360 g/mol. The number of urea groups is 1. The van der Waals surface area contributed by atoms with Crippen LogP contribution in [0, 0.1) is 13.8 Å². The van der Waals surface area contributed by atoms with E-state index >= 15 is 0 Å². The molecule has 1 saturated carbocycles. The van der Waals surface area contributed by atoms with Crippen molar-refractivity contribution in [1.29, 1.82) is 0 Å². The molecule has 0 radical (unpaired) electrons. The standard InChI is InChI=1S/C20H26N4O2S/c1-13-8-7-11-16(12-13)23-19(26)24-20-21-14(2)17(27-20)18(25)22-15-9-5-3-4-6-10-15/h7-8,11-12,15H,3-6,9-10H2,1-2H3,(H,22,25)(H2,21,23,24,26). The average molecular weight is 387 g/mol. The lowest BCUT2D eigenvalue weighted by Crippen LogP contribution is -2.34. The molecule has 0 aliphatic heterocycles. The Labute approximate surface area is 163 Å². The van der Waals surface area contributed by atoms with E-state index in [1.807, 2.05) is 31.2 Å². The highest BCUT2D eigenvalue weighted by atomic mass is 32.1. The maximum absolute atomic E-state index is 12.6. The van der Waals surface area contributed by atoms with Crippen LogP contribution in [0.3, 0.4) is 0 Å². The second-order valence-corrected chi connectivity index (χ2v) is 8.04. The van der Waals surface area contributed by atoms with Gasteiger partial charge in [-0.2, -0.15) is 0 Å². The van der Waals surface area contributed by atoms with Crippen molar-refractivity contribution in [1.82, 2.24) is 10.3 Å². The molecule has 2 aromatic rings. The molecule has 1 aliphatic rings. The number of carbonyl (C=O) groups is 2. The molecule has 0 spiro atoms. The van der Waals surface area contributed by atoms with Crippen LogP contribution in [0.1, 0.15) is 59.5 Å². The van der Waals surface area contributed by atoms with Crippen LogP contribution in [0.5, 0.6) is 0 Å². The largest absolute Gasteiger partial charge is 0.349 e. The van der Waals surface area contributed by atoms with Crippen molar-refractivity contribution in [3.05, 3.63) is 40.4 Å². The maximum atomic E-state index is 12.6. The molecule has 0 bridgehead atoms. The van der Waals surface area contributed by atoms with Crippen molar-refractivity contribution in [3.63, 3.8) is 0 Å². The fourth-order valence-corrected chi connectivity index (χ4v) is 4.18. The number of rotatable bonds is 4. The number of nitrogens with one attached hydrogen (secondary N) is 3. The van der Waals surface area contributed by atoms with Gasteiger partial charge in [0.2, 0.25) is 0 Å². The van der Waals surface area contributed by atoms with E-state index in [0.29, 0.717) is 21.4 Å². The van der Waals surface area contributed by atoms with Gasteiger partial charge in [-0.25, -0.2) is 9.78 Å². The van der Waals surface area contributed by atoms with E-state index in [9.17, 15) is 9.59 Å². The molecule has 1 aromatic heterocycles. The van der Waals surface area contributed by atoms with Crippen molar-refractivity contribution >= 4 is 34.1 Å². The van der Waals surface area contributed by atoms with Gasteiger partial charge in [-0.3, -0.25) is 10.1 Å². The zero-order valence-corrected chi connectivity index (χ0v) is 16.6. The van der Waals surface area contributed by atoms with Crippen LogP contribution < -0.4 is 16.0 Å². The van der Waals surface area contributed by atoms with E-state index in [-0.39, 0.29) is 18.0 Å². The van der Waals surface area contributed by atoms with Crippen LogP contribution in [-0.4, -0.2) is 23.0 Å². The minimum absolute atomic E-state index is 0.0935. The summed E-state index contributed by atoms with van der Waals surface area (Å²) in [5.74, 6) is -0.0935. The number of nitrogens with zero attached hydrogens (tertiary/aromatic N) is 1. The molecule has 7 heteroatoms. The Morgan fingerprint density at radius 2 is 1.81 bits per heavy atom. The maximum Gasteiger partial charge on any atom is 0.325 e. The van der Waals surface area contributed by atoms with Gasteiger partial charge >= 0.3 is 6.03 Å². The van der Waals surface area contributed by atoms with Crippen molar-refractivity contribution in [2.24, 2.45) is 0 Å². The summed E-state index contributed by atoms with van der Waals surface area (Å²) in [6.45, 7) is 3.76. The fourth-order valence-electron chi connectivity index (χ4n) is 3.32. The number of hydrogen-bond donors (Lipinski definition) is 3. The fraction of sp³-hybridized carbons (Fsp3) is 0.450. The smallest absolute Gasteiger partial charge is 0.325 e. The summed E-state index contributed by atoms with van der Waals surface area (Å²) >= 11 is 1.21. The molecule has 0 atom stereocenters. The number of aromatic nitrogens is 1. The van der Waals surface area contributed by atoms with Gasteiger partial charge in [0.25, 0.3) is 5.91 Å². The van der Waals surface area contributed by atoms with Crippen LogP contribution in [0.15, 0.2) is 24.3 Å². The Kier molecular flexibility index (Phi) is 6.45. The van der Waals surface area contributed by atoms with E-state index in [2.05, 4.69) is 20.9 Å². The first kappa shape index (κ1) is 19.4. The molecule has 27 heavy (non-hydrogen) atoms. The molecule has 1 fully saturated rings. The summed E-state index contributed by atoms with van der Waals surface area (Å²) in [7, 11) is 0. The van der Waals surface area contributed by atoms with Crippen molar-refractivity contribution in [3.8, 4) is 0 Å². The summed E-state index contributed by atoms with van der Waals surface area (Å²) in [5.41, 5.74) is 2.42. The summed E-state index contributed by atoms with van der Waals surface area (Å²) in [6, 6.07) is 7.43. The van der Waals surface area contributed by atoms with E-state index in [0.717, 1.165) is 18.4 Å². The Bertz CT molecular complexity index is 810. The molecular formula is C20H26N4O2S. The predicted octanol–water partition coefficient (Wildman–Crippen LogP) is 4.86. The summed E-state index contributed by atoms with van der Waals surface area (Å²) < 4.78 is 0. The third-order valence-corrected chi connectivity index (χ3v) is 5.76.